The molecule has 0 heterocycles. The molecular weight excluding hydrogens is 864 g/mol. The molecule has 0 saturated heterocycles. The zero-order valence-electron chi connectivity index (χ0n) is 22.8. The van der Waals surface area contributed by atoms with Gasteiger partial charge in [0.1, 0.15) is 7.85 Å². The Kier molecular flexibility index (Phi) is 45.8. The molecule has 0 fully saturated rings. The van der Waals surface area contributed by atoms with Crippen molar-refractivity contribution in [3.05, 3.63) is 129 Å². The first-order valence-corrected chi connectivity index (χ1v) is 11.7. The van der Waals surface area contributed by atoms with E-state index in [0.29, 0.717) is 0 Å². The van der Waals surface area contributed by atoms with E-state index in [9.17, 15) is 0 Å². The summed E-state index contributed by atoms with van der Waals surface area (Å²) in [6.07, 6.45) is 0. The van der Waals surface area contributed by atoms with Gasteiger partial charge in [-0.1, -0.05) is 103 Å². The van der Waals surface area contributed by atoms with Gasteiger partial charge in [0.15, 0.2) is 21.1 Å². The maximum atomic E-state index is 8.81. The van der Waals surface area contributed by atoms with E-state index in [1.807, 2.05) is 55.5 Å². The number of nitrogens with zero attached hydrogens (tertiary/aromatic N) is 3. The first-order valence-electron chi connectivity index (χ1n) is 10.1. The summed E-state index contributed by atoms with van der Waals surface area (Å²) in [7, 11) is 8.13. The first kappa shape index (κ1) is 51.9. The van der Waals surface area contributed by atoms with E-state index >= 15 is 0 Å². The summed E-state index contributed by atoms with van der Waals surface area (Å²) in [5, 5.41) is 26.4. The topological polar surface area (TPSA) is 129 Å². The minimum atomic E-state index is -0.500. The monoisotopic (exact) mass is 892 g/mol. The number of rotatable bonds is 0. The first-order chi connectivity index (χ1) is 16.6. The Morgan fingerprint density at radius 2 is 0.795 bits per heavy atom. The van der Waals surface area contributed by atoms with Crippen molar-refractivity contribution >= 4 is 45.2 Å². The molecule has 9 nitrogen and oxygen atoms in total. The second-order valence-electron chi connectivity index (χ2n) is 6.83. The summed E-state index contributed by atoms with van der Waals surface area (Å²) >= 11 is 6.72. The number of aryl methyl sites for hydroxylation is 3. The molecule has 39 heavy (non-hydrogen) atoms. The molecule has 5 radical (unpaired) electrons. The SMILES string of the molecule is C[N+](=O)[O-].C[N+](=O)[O-].C[N+](=O)[O-].Cc1cccc(Br)c1.Cc1cccc(Br)c1.[B]c1cccc(C)c1.[Y].[Y].[Y]. The largest absolute Gasteiger partial charge is 0.265 e. The van der Waals surface area contributed by atoms with Crippen molar-refractivity contribution in [1.29, 1.82) is 0 Å². The van der Waals surface area contributed by atoms with Crippen LogP contribution in [0.15, 0.2) is 81.7 Å². The Bertz CT molecular complexity index is 875. The van der Waals surface area contributed by atoms with Crippen molar-refractivity contribution in [2.24, 2.45) is 0 Å². The number of hydrogen-bond donors (Lipinski definition) is 0. The van der Waals surface area contributed by atoms with Crippen LogP contribution in [0.1, 0.15) is 16.7 Å². The third-order valence-electron chi connectivity index (χ3n) is 3.00. The van der Waals surface area contributed by atoms with Crippen molar-refractivity contribution < 1.29 is 113 Å². The van der Waals surface area contributed by atoms with Crippen molar-refractivity contribution in [2.45, 2.75) is 20.8 Å². The third kappa shape index (κ3) is 54.9. The average molecular weight is 894 g/mol. The minimum absolute atomic E-state index is 0. The molecule has 0 bridgehead atoms. The van der Waals surface area contributed by atoms with Gasteiger partial charge in [-0.2, -0.15) is 0 Å². The second kappa shape index (κ2) is 34.4. The maximum absolute atomic E-state index is 8.81. The Hall–Kier alpha value is 0.197. The van der Waals surface area contributed by atoms with Gasteiger partial charge in [0.05, 0.1) is 0 Å². The molecule has 0 unspecified atom stereocenters. The predicted octanol–water partition coefficient (Wildman–Crippen LogP) is 5.98. The molecule has 0 aliphatic rings. The number of benzene rings is 3. The van der Waals surface area contributed by atoms with Crippen LogP contribution >= 0.6 is 31.9 Å². The van der Waals surface area contributed by atoms with Crippen molar-refractivity contribution in [3.63, 3.8) is 0 Å². The van der Waals surface area contributed by atoms with E-state index in [2.05, 4.69) is 70.0 Å². The molecule has 0 N–H and O–H groups in total. The van der Waals surface area contributed by atoms with Crippen LogP contribution < -0.4 is 5.46 Å². The van der Waals surface area contributed by atoms with E-state index in [1.54, 1.807) is 0 Å². The summed E-state index contributed by atoms with van der Waals surface area (Å²) < 4.78 is 2.30. The van der Waals surface area contributed by atoms with Crippen LogP contribution in [0.4, 0.5) is 0 Å². The number of nitro groups is 3. The zero-order valence-corrected chi connectivity index (χ0v) is 34.5. The van der Waals surface area contributed by atoms with Crippen LogP contribution in [0.25, 0.3) is 0 Å². The maximum Gasteiger partial charge on any atom is 0.194 e. The van der Waals surface area contributed by atoms with Crippen molar-refractivity contribution in [3.8, 4) is 0 Å². The average Bonchev–Trinajstić information content (AvgIpc) is 2.67. The van der Waals surface area contributed by atoms with Crippen LogP contribution in [0.2, 0.25) is 0 Å². The summed E-state index contributed by atoms with van der Waals surface area (Å²) in [5.74, 6) is 0. The van der Waals surface area contributed by atoms with Crippen molar-refractivity contribution in [2.75, 3.05) is 21.1 Å². The molecule has 0 aliphatic carbocycles. The summed E-state index contributed by atoms with van der Waals surface area (Å²) in [6, 6.07) is 24.2. The summed E-state index contributed by atoms with van der Waals surface area (Å²) in [4.78, 5) is 24.9. The van der Waals surface area contributed by atoms with Gasteiger partial charge in [-0.05, 0) is 45.0 Å². The fraction of sp³-hybridized carbons (Fsp3) is 0.250. The molecular formula is C24H30BBr2N3O6Y3. The smallest absolute Gasteiger partial charge is 0.194 e. The Morgan fingerprint density at radius 3 is 0.923 bits per heavy atom. The van der Waals surface area contributed by atoms with Crippen LogP contribution in [0, 0.1) is 51.1 Å². The fourth-order valence-electron chi connectivity index (χ4n) is 1.88. The van der Waals surface area contributed by atoms with Gasteiger partial charge >= 0.3 is 0 Å². The van der Waals surface area contributed by atoms with E-state index in [0.717, 1.165) is 35.6 Å². The molecule has 3 aromatic carbocycles. The van der Waals surface area contributed by atoms with Crippen molar-refractivity contribution in [1.82, 2.24) is 0 Å². The van der Waals surface area contributed by atoms with E-state index in [4.69, 9.17) is 38.2 Å². The molecule has 0 amide bonds. The molecule has 0 aromatic heterocycles. The van der Waals surface area contributed by atoms with Crippen LogP contribution in [-0.2, 0) is 98.1 Å². The van der Waals surface area contributed by atoms with Crippen LogP contribution in [0.3, 0.4) is 0 Å². The molecule has 0 saturated carbocycles. The summed E-state index contributed by atoms with van der Waals surface area (Å²) in [6.45, 7) is 6.17. The number of halogens is 2. The van der Waals surface area contributed by atoms with Gasteiger partial charge in [0.2, 0.25) is 0 Å². The quantitative estimate of drug-likeness (QED) is 0.155. The molecule has 203 valence electrons. The van der Waals surface area contributed by atoms with Gasteiger partial charge in [-0.25, -0.2) is 0 Å². The predicted molar refractivity (Wildman–Crippen MR) is 153 cm³/mol. The van der Waals surface area contributed by atoms with Gasteiger partial charge < -0.3 is 0 Å². The van der Waals surface area contributed by atoms with E-state index in [-0.39, 0.29) is 98.1 Å². The Morgan fingerprint density at radius 1 is 0.564 bits per heavy atom. The number of hydrogen-bond acceptors (Lipinski definition) is 6. The molecule has 0 atom stereocenters. The van der Waals surface area contributed by atoms with Crippen LogP contribution in [-0.4, -0.2) is 43.8 Å². The molecule has 0 aliphatic heterocycles. The van der Waals surface area contributed by atoms with Gasteiger partial charge in [-0.3, -0.25) is 30.3 Å². The third-order valence-corrected chi connectivity index (χ3v) is 3.99. The standard InChI is InChI=1S/C7H7B.2C7H7Br.3CH3NO2.3Y/c3*1-6-3-2-4-7(8)5-6;3*1-2(3)4;;;/h3*2-5H,1H3;3*1H3;;;. The van der Waals surface area contributed by atoms with Gasteiger partial charge in [0.25, 0.3) is 0 Å². The zero-order chi connectivity index (χ0) is 28.7. The van der Waals surface area contributed by atoms with Crippen LogP contribution in [0.5, 0.6) is 0 Å². The molecule has 15 heteroatoms. The van der Waals surface area contributed by atoms with E-state index in [1.165, 1.54) is 16.7 Å². The fourth-order valence-corrected chi connectivity index (χ4v) is 2.91. The van der Waals surface area contributed by atoms with Gasteiger partial charge in [0, 0.05) is 122 Å². The summed E-state index contributed by atoms with van der Waals surface area (Å²) in [5.41, 5.74) is 4.63. The van der Waals surface area contributed by atoms with E-state index < -0.39 is 14.8 Å². The molecule has 3 aromatic rings. The second-order valence-corrected chi connectivity index (χ2v) is 8.66. The normalized spacial score (nSPS) is 7.59. The minimum Gasteiger partial charge on any atom is -0.265 e. The van der Waals surface area contributed by atoms with Gasteiger partial charge in [-0.15, -0.1) is 0 Å². The Labute approximate surface area is 324 Å². The molecule has 3 rings (SSSR count). The Balaban J connectivity index is -0.0000000851. The molecule has 0 spiro atoms.